The molecule has 19 heavy (non-hydrogen) atoms. The molecule has 100 valence electrons. The number of aromatic nitrogens is 2. The van der Waals surface area contributed by atoms with Gasteiger partial charge in [0.1, 0.15) is 0 Å². The molecule has 6 heteroatoms. The summed E-state index contributed by atoms with van der Waals surface area (Å²) in [5.41, 5.74) is 1.89. The molecule has 0 saturated carbocycles. The van der Waals surface area contributed by atoms with Crippen molar-refractivity contribution < 1.29 is 19.4 Å². The number of carboxylic acid groups (broad SMARTS) is 1. The summed E-state index contributed by atoms with van der Waals surface area (Å²) in [6.07, 6.45) is 1.60. The van der Waals surface area contributed by atoms with Crippen LogP contribution in [-0.2, 0) is 16.1 Å². The molecule has 0 aliphatic heterocycles. The van der Waals surface area contributed by atoms with Crippen LogP contribution in [0.25, 0.3) is 11.0 Å². The number of esters is 1. The van der Waals surface area contributed by atoms with Gasteiger partial charge in [0.25, 0.3) is 0 Å². The Labute approximate surface area is 109 Å². The standard InChI is InChI=1S/C13H14N2O4/c1-2-19-13(18)9-3-4-11-10(7-9)14-8-15(11)6-5-12(16)17/h3-4,7-8H,2,5-6H2,1H3,(H,16,17). The van der Waals surface area contributed by atoms with E-state index < -0.39 is 5.97 Å². The van der Waals surface area contributed by atoms with Crippen molar-refractivity contribution in [1.29, 1.82) is 0 Å². The van der Waals surface area contributed by atoms with Gasteiger partial charge in [-0.05, 0) is 25.1 Å². The molecular formula is C13H14N2O4. The van der Waals surface area contributed by atoms with Crippen molar-refractivity contribution in [3.63, 3.8) is 0 Å². The van der Waals surface area contributed by atoms with Gasteiger partial charge < -0.3 is 14.4 Å². The van der Waals surface area contributed by atoms with Crippen LogP contribution in [0, 0.1) is 0 Å². The van der Waals surface area contributed by atoms with E-state index in [2.05, 4.69) is 4.98 Å². The molecule has 1 heterocycles. The molecule has 2 rings (SSSR count). The van der Waals surface area contributed by atoms with E-state index in [1.807, 2.05) is 0 Å². The average Bonchev–Trinajstić information content (AvgIpc) is 2.78. The molecule has 0 fully saturated rings. The minimum Gasteiger partial charge on any atom is -0.481 e. The van der Waals surface area contributed by atoms with Crippen molar-refractivity contribution in [2.45, 2.75) is 19.9 Å². The number of aliphatic carboxylic acids is 1. The van der Waals surface area contributed by atoms with E-state index in [0.717, 1.165) is 5.52 Å². The highest BCUT2D eigenvalue weighted by molar-refractivity contribution is 5.93. The SMILES string of the molecule is CCOC(=O)c1ccc2c(c1)ncn2CCC(=O)O. The molecule has 0 amide bonds. The normalized spacial score (nSPS) is 10.6. The summed E-state index contributed by atoms with van der Waals surface area (Å²) in [5.74, 6) is -1.24. The van der Waals surface area contributed by atoms with E-state index in [0.29, 0.717) is 24.2 Å². The van der Waals surface area contributed by atoms with Crippen LogP contribution in [-0.4, -0.2) is 33.2 Å². The Morgan fingerprint density at radius 3 is 2.89 bits per heavy atom. The fraction of sp³-hybridized carbons (Fsp3) is 0.308. The molecule has 1 aromatic carbocycles. The molecule has 0 aliphatic rings. The molecule has 1 aromatic heterocycles. The number of rotatable bonds is 5. The van der Waals surface area contributed by atoms with Crippen LogP contribution in [0.15, 0.2) is 24.5 Å². The van der Waals surface area contributed by atoms with E-state index in [9.17, 15) is 9.59 Å². The Hall–Kier alpha value is -2.37. The van der Waals surface area contributed by atoms with Gasteiger partial charge in [0.05, 0.1) is 36.0 Å². The number of carboxylic acids is 1. The Kier molecular flexibility index (Phi) is 3.79. The quantitative estimate of drug-likeness (QED) is 0.829. The third-order valence-electron chi connectivity index (χ3n) is 2.70. The first kappa shape index (κ1) is 13.1. The van der Waals surface area contributed by atoms with E-state index in [1.54, 1.807) is 36.0 Å². The zero-order valence-corrected chi connectivity index (χ0v) is 10.5. The second-order valence-corrected chi connectivity index (χ2v) is 4.01. The summed E-state index contributed by atoms with van der Waals surface area (Å²) in [7, 11) is 0. The van der Waals surface area contributed by atoms with E-state index >= 15 is 0 Å². The lowest BCUT2D eigenvalue weighted by atomic mass is 10.2. The molecule has 0 radical (unpaired) electrons. The summed E-state index contributed by atoms with van der Waals surface area (Å²) >= 11 is 0. The maximum absolute atomic E-state index is 11.6. The van der Waals surface area contributed by atoms with Crippen LogP contribution in [0.2, 0.25) is 0 Å². The first-order chi connectivity index (χ1) is 9.11. The summed E-state index contributed by atoms with van der Waals surface area (Å²) in [4.78, 5) is 26.3. The van der Waals surface area contributed by atoms with Crippen LogP contribution >= 0.6 is 0 Å². The van der Waals surface area contributed by atoms with Crippen molar-refractivity contribution in [1.82, 2.24) is 9.55 Å². The molecule has 0 saturated heterocycles. The minimum absolute atomic E-state index is 0.0328. The second kappa shape index (κ2) is 5.51. The number of hydrogen-bond acceptors (Lipinski definition) is 4. The lowest BCUT2D eigenvalue weighted by Crippen LogP contribution is -2.05. The second-order valence-electron chi connectivity index (χ2n) is 4.01. The third-order valence-corrected chi connectivity index (χ3v) is 2.70. The Balaban J connectivity index is 2.26. The molecule has 0 bridgehead atoms. The lowest BCUT2D eigenvalue weighted by Gasteiger charge is -2.03. The Morgan fingerprint density at radius 2 is 2.21 bits per heavy atom. The van der Waals surface area contributed by atoms with E-state index in [-0.39, 0.29) is 12.4 Å². The predicted octanol–water partition coefficient (Wildman–Crippen LogP) is 1.69. The Bertz CT molecular complexity index is 618. The maximum Gasteiger partial charge on any atom is 0.338 e. The van der Waals surface area contributed by atoms with Gasteiger partial charge in [0.2, 0.25) is 0 Å². The van der Waals surface area contributed by atoms with Crippen molar-refractivity contribution in [3.05, 3.63) is 30.1 Å². The molecule has 6 nitrogen and oxygen atoms in total. The van der Waals surface area contributed by atoms with Crippen LogP contribution in [0.4, 0.5) is 0 Å². The highest BCUT2D eigenvalue weighted by Crippen LogP contribution is 2.16. The number of imidazole rings is 1. The summed E-state index contributed by atoms with van der Waals surface area (Å²) < 4.78 is 6.66. The van der Waals surface area contributed by atoms with Crippen LogP contribution in [0.1, 0.15) is 23.7 Å². The monoisotopic (exact) mass is 262 g/mol. The van der Waals surface area contributed by atoms with Gasteiger partial charge in [-0.3, -0.25) is 4.79 Å². The number of nitrogens with zero attached hydrogens (tertiary/aromatic N) is 2. The third kappa shape index (κ3) is 2.90. The van der Waals surface area contributed by atoms with Gasteiger partial charge in [-0.25, -0.2) is 9.78 Å². The van der Waals surface area contributed by atoms with Crippen LogP contribution < -0.4 is 0 Å². The number of carbonyl (C=O) groups excluding carboxylic acids is 1. The first-order valence-corrected chi connectivity index (χ1v) is 5.95. The largest absolute Gasteiger partial charge is 0.481 e. The maximum atomic E-state index is 11.6. The average molecular weight is 262 g/mol. The number of benzene rings is 1. The Morgan fingerprint density at radius 1 is 1.42 bits per heavy atom. The predicted molar refractivity (Wildman–Crippen MR) is 67.9 cm³/mol. The smallest absolute Gasteiger partial charge is 0.338 e. The fourth-order valence-corrected chi connectivity index (χ4v) is 1.80. The molecule has 0 aliphatic carbocycles. The van der Waals surface area contributed by atoms with Gasteiger partial charge in [-0.2, -0.15) is 0 Å². The fourth-order valence-electron chi connectivity index (χ4n) is 1.80. The van der Waals surface area contributed by atoms with Gasteiger partial charge in [-0.1, -0.05) is 0 Å². The van der Waals surface area contributed by atoms with Gasteiger partial charge >= 0.3 is 11.9 Å². The summed E-state index contributed by atoms with van der Waals surface area (Å²) in [6, 6.07) is 5.04. The zero-order valence-electron chi connectivity index (χ0n) is 10.5. The molecule has 0 atom stereocenters. The summed E-state index contributed by atoms with van der Waals surface area (Å²) in [5, 5.41) is 8.67. The molecular weight excluding hydrogens is 248 g/mol. The van der Waals surface area contributed by atoms with Crippen molar-refractivity contribution >= 4 is 23.0 Å². The topological polar surface area (TPSA) is 81.4 Å². The number of hydrogen-bond donors (Lipinski definition) is 1. The van der Waals surface area contributed by atoms with Gasteiger partial charge in [-0.15, -0.1) is 0 Å². The van der Waals surface area contributed by atoms with Crippen molar-refractivity contribution in [2.75, 3.05) is 6.61 Å². The van der Waals surface area contributed by atoms with Crippen LogP contribution in [0.3, 0.4) is 0 Å². The number of aryl methyl sites for hydroxylation is 1. The van der Waals surface area contributed by atoms with Crippen LogP contribution in [0.5, 0.6) is 0 Å². The highest BCUT2D eigenvalue weighted by Gasteiger charge is 2.10. The molecule has 1 N–H and O–H groups in total. The van der Waals surface area contributed by atoms with Crippen molar-refractivity contribution in [2.24, 2.45) is 0 Å². The number of carbonyl (C=O) groups is 2. The van der Waals surface area contributed by atoms with Crippen molar-refractivity contribution in [3.8, 4) is 0 Å². The highest BCUT2D eigenvalue weighted by atomic mass is 16.5. The lowest BCUT2D eigenvalue weighted by molar-refractivity contribution is -0.137. The molecule has 0 spiro atoms. The van der Waals surface area contributed by atoms with Gasteiger partial charge in [0, 0.05) is 6.54 Å². The number of fused-ring (bicyclic) bond motifs is 1. The van der Waals surface area contributed by atoms with E-state index in [4.69, 9.17) is 9.84 Å². The summed E-state index contributed by atoms with van der Waals surface area (Å²) in [6.45, 7) is 2.42. The molecule has 0 unspecified atom stereocenters. The first-order valence-electron chi connectivity index (χ1n) is 5.95. The minimum atomic E-state index is -0.856. The number of ether oxygens (including phenoxy) is 1. The molecule has 2 aromatic rings. The van der Waals surface area contributed by atoms with E-state index in [1.165, 1.54) is 0 Å². The zero-order chi connectivity index (χ0) is 13.8. The van der Waals surface area contributed by atoms with Gasteiger partial charge in [0.15, 0.2) is 0 Å².